The molecule has 2 rings (SSSR count). The Kier molecular flexibility index (Phi) is 12.2. The summed E-state index contributed by atoms with van der Waals surface area (Å²) in [6.45, 7) is 11.2. The first-order chi connectivity index (χ1) is 8.78. The summed E-state index contributed by atoms with van der Waals surface area (Å²) < 4.78 is 3.57. The molecule has 0 aromatic carbocycles. The molecule has 0 amide bonds. The molecule has 1 aromatic heterocycles. The zero-order valence-corrected chi connectivity index (χ0v) is 17.7. The second-order valence-corrected chi connectivity index (χ2v) is 9.74. The van der Waals surface area contributed by atoms with Crippen LogP contribution in [-0.4, -0.2) is 19.1 Å². The molecular weight excluding hydrogens is 355 g/mol. The van der Waals surface area contributed by atoms with Crippen molar-refractivity contribution in [3.63, 3.8) is 0 Å². The molecule has 1 aromatic rings. The van der Waals surface area contributed by atoms with E-state index >= 15 is 0 Å². The van der Waals surface area contributed by atoms with Gasteiger partial charge in [-0.3, -0.25) is 0 Å². The third-order valence-corrected chi connectivity index (χ3v) is 4.47. The van der Waals surface area contributed by atoms with E-state index in [-0.39, 0.29) is 24.8 Å². The third kappa shape index (κ3) is 10.6. The topological polar surface area (TPSA) is 17.0 Å². The number of nitrogens with zero attached hydrogens (tertiary/aromatic N) is 1. The van der Waals surface area contributed by atoms with Gasteiger partial charge in [0.05, 0.1) is 0 Å². The molecule has 117 valence electrons. The monoisotopic (exact) mass is 379 g/mol. The molecule has 1 N–H and O–H groups in total. The molecule has 1 heterocycles. The van der Waals surface area contributed by atoms with E-state index in [9.17, 15) is 0 Å². The van der Waals surface area contributed by atoms with Gasteiger partial charge in [-0.1, -0.05) is 13.1 Å². The van der Waals surface area contributed by atoms with Gasteiger partial charge >= 0.3 is 77.7 Å². The molecule has 0 spiro atoms. The quantitative estimate of drug-likeness (QED) is 0.563. The van der Waals surface area contributed by atoms with Crippen molar-refractivity contribution in [2.24, 2.45) is 0 Å². The van der Waals surface area contributed by atoms with Crippen LogP contribution < -0.4 is 29.8 Å². The van der Waals surface area contributed by atoms with Gasteiger partial charge < -0.3 is 29.8 Å². The average molecular weight is 380 g/mol. The van der Waals surface area contributed by atoms with Crippen molar-refractivity contribution in [3.8, 4) is 0 Å². The maximum atomic E-state index is 3.52. The Morgan fingerprint density at radius 1 is 1.14 bits per heavy atom. The van der Waals surface area contributed by atoms with Gasteiger partial charge in [-0.25, -0.2) is 0 Å². The summed E-state index contributed by atoms with van der Waals surface area (Å²) in [7, 11) is -0.546. The van der Waals surface area contributed by atoms with E-state index in [0.717, 1.165) is 6.42 Å². The van der Waals surface area contributed by atoms with Crippen LogP contribution in [0.25, 0.3) is 5.70 Å². The standard InChI is InChI=1S/C9H8N.C6H17NSi.2ClH.Ti/c1-2-6-9(5-1)10-7-3-4-8-10;1-6(2,3)7-8(4)5;;;/h3-8H,1H2;7-8H,1-5H3;2*1H;/q;;;;+2/p-2. The Labute approximate surface area is 155 Å². The molecule has 0 saturated carbocycles. The SMILES string of the molecule is C[SiH](C)NC(C)(C)C.[Cl-].[Cl-].[Ti+2][C]1=CC(n2cccc2)=CC1. The molecule has 6 heteroatoms. The molecule has 0 aliphatic heterocycles. The van der Waals surface area contributed by atoms with Crippen LogP contribution in [-0.2, 0) is 20.4 Å². The predicted octanol–water partition coefficient (Wildman–Crippen LogP) is -2.47. The van der Waals surface area contributed by atoms with Crippen LogP contribution >= 0.6 is 0 Å². The number of hydrogen-bond acceptors (Lipinski definition) is 1. The maximum absolute atomic E-state index is 3.52. The van der Waals surface area contributed by atoms with Gasteiger partial charge in [-0.05, 0) is 20.8 Å². The van der Waals surface area contributed by atoms with Crippen molar-refractivity contribution in [1.29, 1.82) is 0 Å². The molecule has 2 nitrogen and oxygen atoms in total. The van der Waals surface area contributed by atoms with E-state index in [0.29, 0.717) is 5.54 Å². The molecule has 0 unspecified atom stereocenters. The summed E-state index contributed by atoms with van der Waals surface area (Å²) >= 11 is 2.16. The minimum absolute atomic E-state index is 0. The predicted molar refractivity (Wildman–Crippen MR) is 83.2 cm³/mol. The van der Waals surface area contributed by atoms with Crippen LogP contribution in [0.3, 0.4) is 0 Å². The van der Waals surface area contributed by atoms with E-state index < -0.39 is 8.96 Å². The van der Waals surface area contributed by atoms with Crippen LogP contribution in [0, 0.1) is 0 Å². The van der Waals surface area contributed by atoms with Crippen molar-refractivity contribution >= 4 is 14.7 Å². The molecule has 0 bridgehead atoms. The molecule has 0 atom stereocenters. The van der Waals surface area contributed by atoms with Crippen LogP contribution in [0.2, 0.25) is 13.1 Å². The van der Waals surface area contributed by atoms with Crippen molar-refractivity contribution in [2.45, 2.75) is 45.8 Å². The Morgan fingerprint density at radius 3 is 1.95 bits per heavy atom. The Hall–Kier alpha value is 0.231. The number of hydrogen-bond donors (Lipinski definition) is 1. The van der Waals surface area contributed by atoms with Crippen LogP contribution in [0.1, 0.15) is 27.2 Å². The van der Waals surface area contributed by atoms with E-state index in [4.69, 9.17) is 0 Å². The zero-order valence-electron chi connectivity index (χ0n) is 13.5. The van der Waals surface area contributed by atoms with Gasteiger partial charge in [0.2, 0.25) is 0 Å². The summed E-state index contributed by atoms with van der Waals surface area (Å²) in [5.41, 5.74) is 1.63. The fraction of sp³-hybridized carbons (Fsp3) is 0.467. The van der Waals surface area contributed by atoms with E-state index in [1.165, 1.54) is 9.57 Å². The average Bonchev–Trinajstić information content (AvgIpc) is 2.83. The molecule has 1 aliphatic carbocycles. The normalized spacial score (nSPS) is 13.5. The van der Waals surface area contributed by atoms with Crippen LogP contribution in [0.5, 0.6) is 0 Å². The van der Waals surface area contributed by atoms with Crippen LogP contribution in [0.4, 0.5) is 0 Å². The summed E-state index contributed by atoms with van der Waals surface area (Å²) in [4.78, 5) is 3.52. The van der Waals surface area contributed by atoms with Gasteiger partial charge in [-0.15, -0.1) is 0 Å². The van der Waals surface area contributed by atoms with Gasteiger partial charge in [0, 0.05) is 5.54 Å². The van der Waals surface area contributed by atoms with Crippen LogP contribution in [0.15, 0.2) is 40.6 Å². The van der Waals surface area contributed by atoms with Crippen molar-refractivity contribution < 1.29 is 45.2 Å². The van der Waals surface area contributed by atoms with E-state index in [1.807, 2.05) is 12.1 Å². The molecule has 21 heavy (non-hydrogen) atoms. The van der Waals surface area contributed by atoms with E-state index in [2.05, 4.69) is 88.4 Å². The number of aromatic nitrogens is 1. The molecule has 0 radical (unpaired) electrons. The Morgan fingerprint density at radius 2 is 1.67 bits per heavy atom. The van der Waals surface area contributed by atoms with E-state index in [1.54, 1.807) is 0 Å². The van der Waals surface area contributed by atoms with Gasteiger partial charge in [0.15, 0.2) is 0 Å². The summed E-state index contributed by atoms with van der Waals surface area (Å²) in [5.74, 6) is 0. The summed E-state index contributed by atoms with van der Waals surface area (Å²) in [5, 5.41) is 0. The first kappa shape index (κ1) is 23.5. The van der Waals surface area contributed by atoms with Crippen molar-refractivity contribution in [3.05, 3.63) is 40.6 Å². The molecule has 0 fully saturated rings. The number of allylic oxidation sites excluding steroid dienone is 4. The fourth-order valence-corrected chi connectivity index (χ4v) is 4.19. The zero-order chi connectivity index (χ0) is 14.5. The minimum atomic E-state index is -0.546. The number of rotatable bonds is 2. The van der Waals surface area contributed by atoms with Gasteiger partial charge in [0.25, 0.3) is 0 Å². The first-order valence-corrected chi connectivity index (χ1v) is 10.5. The molecular formula is C15H25Cl2N2SiTi. The van der Waals surface area contributed by atoms with Gasteiger partial charge in [-0.2, -0.15) is 0 Å². The fourth-order valence-electron chi connectivity index (χ4n) is 2.06. The first-order valence-electron chi connectivity index (χ1n) is 6.81. The Balaban J connectivity index is 0. The number of nitrogens with one attached hydrogen (secondary N) is 1. The third-order valence-electron chi connectivity index (χ3n) is 2.48. The van der Waals surface area contributed by atoms with Gasteiger partial charge in [0.1, 0.15) is 8.96 Å². The molecule has 0 saturated heterocycles. The second-order valence-electron chi connectivity index (χ2n) is 6.14. The van der Waals surface area contributed by atoms with Crippen molar-refractivity contribution in [1.82, 2.24) is 9.55 Å². The second kappa shape index (κ2) is 10.9. The summed E-state index contributed by atoms with van der Waals surface area (Å²) in [6, 6.07) is 4.09. The van der Waals surface area contributed by atoms with Crippen molar-refractivity contribution in [2.75, 3.05) is 0 Å². The Bertz CT molecular complexity index is 449. The summed E-state index contributed by atoms with van der Waals surface area (Å²) in [6.07, 6.45) is 9.71. The number of halogens is 2. The molecule has 1 aliphatic rings.